The van der Waals surface area contributed by atoms with Crippen LogP contribution in [0.25, 0.3) is 0 Å². The monoisotopic (exact) mass is 256 g/mol. The lowest BCUT2D eigenvalue weighted by Gasteiger charge is -2.40. The van der Waals surface area contributed by atoms with Gasteiger partial charge in [0.05, 0.1) is 0 Å². The molecule has 0 aromatic heterocycles. The highest BCUT2D eigenvalue weighted by atomic mass is 16.6. The van der Waals surface area contributed by atoms with Gasteiger partial charge in [-0.2, -0.15) is 0 Å². The zero-order valence-corrected chi connectivity index (χ0v) is 12.4. The van der Waals surface area contributed by atoms with Crippen molar-refractivity contribution in [3.05, 3.63) is 0 Å². The highest BCUT2D eigenvalue weighted by Crippen LogP contribution is 2.26. The van der Waals surface area contributed by atoms with E-state index in [1.54, 1.807) is 0 Å². The smallest absolute Gasteiger partial charge is 0.410 e. The van der Waals surface area contributed by atoms with Gasteiger partial charge in [-0.3, -0.25) is 0 Å². The minimum absolute atomic E-state index is 0.206. The molecule has 1 rings (SSSR count). The van der Waals surface area contributed by atoms with Crippen molar-refractivity contribution >= 4 is 6.09 Å². The second-order valence-electron chi connectivity index (χ2n) is 6.43. The number of nitrogens with zero attached hydrogens (tertiary/aromatic N) is 1. The Morgan fingerprint density at radius 3 is 2.61 bits per heavy atom. The third kappa shape index (κ3) is 4.16. The number of piperidine rings is 1. The minimum Gasteiger partial charge on any atom is -0.444 e. The first kappa shape index (κ1) is 15.3. The summed E-state index contributed by atoms with van der Waals surface area (Å²) < 4.78 is 5.42. The van der Waals surface area contributed by atoms with Gasteiger partial charge in [-0.15, -0.1) is 0 Å². The van der Waals surface area contributed by atoms with Crippen molar-refractivity contribution in [1.29, 1.82) is 0 Å². The Morgan fingerprint density at radius 1 is 1.50 bits per heavy atom. The zero-order chi connectivity index (χ0) is 13.9. The van der Waals surface area contributed by atoms with Crippen molar-refractivity contribution in [2.75, 3.05) is 13.1 Å². The molecule has 1 saturated heterocycles. The molecule has 4 heteroatoms. The highest BCUT2D eigenvalue weighted by Gasteiger charge is 2.33. The molecule has 0 bridgehead atoms. The standard InChI is InChI=1S/C14H28N2O2/c1-6-10(2)11-9-16(8-7-12(11)15)13(17)18-14(3,4)5/h10-12H,6-9,15H2,1-5H3. The Kier molecular flexibility index (Phi) is 5.02. The van der Waals surface area contributed by atoms with Gasteiger partial charge >= 0.3 is 6.09 Å². The predicted molar refractivity (Wildman–Crippen MR) is 73.3 cm³/mol. The van der Waals surface area contributed by atoms with Crippen LogP contribution in [0.3, 0.4) is 0 Å². The van der Waals surface area contributed by atoms with Crippen LogP contribution in [0.1, 0.15) is 47.5 Å². The van der Waals surface area contributed by atoms with Gasteiger partial charge in [-0.1, -0.05) is 20.3 Å². The fourth-order valence-corrected chi connectivity index (χ4v) is 2.40. The summed E-state index contributed by atoms with van der Waals surface area (Å²) in [5, 5.41) is 0. The Hall–Kier alpha value is -0.770. The van der Waals surface area contributed by atoms with Crippen LogP contribution in [-0.4, -0.2) is 35.7 Å². The normalized spacial score (nSPS) is 26.9. The largest absolute Gasteiger partial charge is 0.444 e. The summed E-state index contributed by atoms with van der Waals surface area (Å²) in [7, 11) is 0. The van der Waals surface area contributed by atoms with Crippen LogP contribution in [0, 0.1) is 11.8 Å². The van der Waals surface area contributed by atoms with E-state index < -0.39 is 5.60 Å². The van der Waals surface area contributed by atoms with E-state index in [0.717, 1.165) is 19.4 Å². The number of nitrogens with two attached hydrogens (primary N) is 1. The molecule has 1 amide bonds. The topological polar surface area (TPSA) is 55.6 Å². The molecule has 0 saturated carbocycles. The molecule has 0 aromatic carbocycles. The molecule has 1 aliphatic heterocycles. The molecule has 0 spiro atoms. The average molecular weight is 256 g/mol. The molecule has 1 fully saturated rings. The highest BCUT2D eigenvalue weighted by molar-refractivity contribution is 5.68. The number of amides is 1. The maximum atomic E-state index is 12.0. The molecule has 3 atom stereocenters. The van der Waals surface area contributed by atoms with Gasteiger partial charge in [0.25, 0.3) is 0 Å². The molecule has 2 N–H and O–H groups in total. The predicted octanol–water partition coefficient (Wildman–Crippen LogP) is 2.62. The van der Waals surface area contributed by atoms with E-state index in [1.165, 1.54) is 0 Å². The molecule has 1 aliphatic rings. The Bertz CT molecular complexity index is 282. The van der Waals surface area contributed by atoms with Crippen molar-refractivity contribution in [3.63, 3.8) is 0 Å². The molecule has 0 radical (unpaired) electrons. The first-order chi connectivity index (χ1) is 8.24. The first-order valence-corrected chi connectivity index (χ1v) is 6.98. The van der Waals surface area contributed by atoms with Crippen molar-refractivity contribution < 1.29 is 9.53 Å². The summed E-state index contributed by atoms with van der Waals surface area (Å²) >= 11 is 0. The summed E-state index contributed by atoms with van der Waals surface area (Å²) in [6.07, 6.45) is 1.76. The zero-order valence-electron chi connectivity index (χ0n) is 12.4. The third-order valence-electron chi connectivity index (χ3n) is 3.74. The quantitative estimate of drug-likeness (QED) is 0.826. The van der Waals surface area contributed by atoms with E-state index in [-0.39, 0.29) is 12.1 Å². The van der Waals surface area contributed by atoms with Crippen molar-refractivity contribution in [3.8, 4) is 0 Å². The van der Waals surface area contributed by atoms with E-state index in [4.69, 9.17) is 10.5 Å². The lowest BCUT2D eigenvalue weighted by molar-refractivity contribution is 0.0109. The van der Waals surface area contributed by atoms with Crippen LogP contribution >= 0.6 is 0 Å². The molecular weight excluding hydrogens is 228 g/mol. The molecular formula is C14H28N2O2. The van der Waals surface area contributed by atoms with E-state index >= 15 is 0 Å². The summed E-state index contributed by atoms with van der Waals surface area (Å²) in [6.45, 7) is 11.5. The Labute approximate surface area is 111 Å². The molecule has 1 heterocycles. The molecule has 0 aliphatic carbocycles. The Morgan fingerprint density at radius 2 is 2.11 bits per heavy atom. The fourth-order valence-electron chi connectivity index (χ4n) is 2.40. The lowest BCUT2D eigenvalue weighted by atomic mass is 9.82. The summed E-state index contributed by atoms with van der Waals surface area (Å²) in [6, 6.07) is 0.207. The average Bonchev–Trinajstić information content (AvgIpc) is 2.26. The summed E-state index contributed by atoms with van der Waals surface area (Å²) in [4.78, 5) is 13.9. The molecule has 3 unspecified atom stereocenters. The SMILES string of the molecule is CCC(C)C1CN(C(=O)OC(C)(C)C)CCC1N. The van der Waals surface area contributed by atoms with E-state index in [1.807, 2.05) is 25.7 Å². The third-order valence-corrected chi connectivity index (χ3v) is 3.74. The van der Waals surface area contributed by atoms with Gasteiger partial charge in [0, 0.05) is 19.1 Å². The van der Waals surface area contributed by atoms with Crippen LogP contribution in [0.2, 0.25) is 0 Å². The number of rotatable bonds is 2. The molecule has 18 heavy (non-hydrogen) atoms. The number of ether oxygens (including phenoxy) is 1. The van der Waals surface area contributed by atoms with Crippen LogP contribution < -0.4 is 5.73 Å². The minimum atomic E-state index is -0.428. The number of likely N-dealkylation sites (tertiary alicyclic amines) is 1. The lowest BCUT2D eigenvalue weighted by Crippen LogP contribution is -2.52. The number of hydrogen-bond donors (Lipinski definition) is 1. The number of carbonyl (C=O) groups excluding carboxylic acids is 1. The van der Waals surface area contributed by atoms with Crippen molar-refractivity contribution in [2.24, 2.45) is 17.6 Å². The van der Waals surface area contributed by atoms with Gasteiger partial charge in [0.15, 0.2) is 0 Å². The molecule has 0 aromatic rings. The molecule has 4 nitrogen and oxygen atoms in total. The maximum Gasteiger partial charge on any atom is 0.410 e. The second kappa shape index (κ2) is 5.91. The van der Waals surface area contributed by atoms with Crippen molar-refractivity contribution in [1.82, 2.24) is 4.90 Å². The Balaban J connectivity index is 2.61. The van der Waals surface area contributed by atoms with Crippen LogP contribution in [0.15, 0.2) is 0 Å². The van der Waals surface area contributed by atoms with Gasteiger partial charge in [-0.05, 0) is 39.0 Å². The number of hydrogen-bond acceptors (Lipinski definition) is 3. The van der Waals surface area contributed by atoms with E-state index in [9.17, 15) is 4.79 Å². The van der Waals surface area contributed by atoms with Gasteiger partial charge in [0.1, 0.15) is 5.60 Å². The second-order valence-corrected chi connectivity index (χ2v) is 6.43. The summed E-state index contributed by atoms with van der Waals surface area (Å²) in [5.41, 5.74) is 5.74. The van der Waals surface area contributed by atoms with E-state index in [0.29, 0.717) is 18.4 Å². The van der Waals surface area contributed by atoms with E-state index in [2.05, 4.69) is 13.8 Å². The van der Waals surface area contributed by atoms with Crippen LogP contribution in [0.5, 0.6) is 0 Å². The molecule has 106 valence electrons. The van der Waals surface area contributed by atoms with Gasteiger partial charge < -0.3 is 15.4 Å². The van der Waals surface area contributed by atoms with Crippen molar-refractivity contribution in [2.45, 2.75) is 59.1 Å². The van der Waals surface area contributed by atoms with Gasteiger partial charge in [-0.25, -0.2) is 4.79 Å². The fraction of sp³-hybridized carbons (Fsp3) is 0.929. The maximum absolute atomic E-state index is 12.0. The van der Waals surface area contributed by atoms with Crippen LogP contribution in [0.4, 0.5) is 4.79 Å². The van der Waals surface area contributed by atoms with Gasteiger partial charge in [0.2, 0.25) is 0 Å². The number of carbonyl (C=O) groups is 1. The first-order valence-electron chi connectivity index (χ1n) is 6.98. The summed E-state index contributed by atoms with van der Waals surface area (Å²) in [5.74, 6) is 0.932. The van der Waals surface area contributed by atoms with Crippen LogP contribution in [-0.2, 0) is 4.74 Å².